The van der Waals surface area contributed by atoms with Crippen molar-refractivity contribution in [1.82, 2.24) is 25.3 Å². The van der Waals surface area contributed by atoms with Crippen LogP contribution in [0.2, 0.25) is 0 Å². The third-order valence-corrected chi connectivity index (χ3v) is 9.96. The van der Waals surface area contributed by atoms with Crippen molar-refractivity contribution in [1.29, 1.82) is 0 Å². The molecule has 5 rings (SSSR count). The van der Waals surface area contributed by atoms with Gasteiger partial charge < -0.3 is 35.7 Å². The summed E-state index contributed by atoms with van der Waals surface area (Å²) >= 11 is 0. The number of carbonyl (C=O) groups is 5. The van der Waals surface area contributed by atoms with Gasteiger partial charge in [-0.25, -0.2) is 14.6 Å². The molecule has 272 valence electrons. The number of hydrogen-bond acceptors (Lipinski definition) is 7. The van der Waals surface area contributed by atoms with Gasteiger partial charge in [0.25, 0.3) is 0 Å². The number of allylic oxidation sites excluding steroid dienone is 1. The predicted molar refractivity (Wildman–Crippen MR) is 194 cm³/mol. The Balaban J connectivity index is 1.96. The Morgan fingerprint density at radius 2 is 1.58 bits per heavy atom. The number of carbonyl (C=O) groups excluding carboxylic acids is 1. The molecular formula is C38H41N5O9. The van der Waals surface area contributed by atoms with Crippen molar-refractivity contribution in [3.63, 3.8) is 0 Å². The van der Waals surface area contributed by atoms with Gasteiger partial charge >= 0.3 is 23.9 Å². The Hall–Kier alpha value is -6.05. The minimum Gasteiger partial charge on any atom is -0.481 e. The van der Waals surface area contributed by atoms with E-state index in [1.54, 1.807) is 19.1 Å². The number of H-pyrrole nitrogens is 2. The molecule has 14 heteroatoms. The van der Waals surface area contributed by atoms with Gasteiger partial charge in [0.2, 0.25) is 5.91 Å². The van der Waals surface area contributed by atoms with Crippen molar-refractivity contribution >= 4 is 69.1 Å². The minimum atomic E-state index is -1.77. The Bertz CT molecular complexity index is 2240. The molecule has 5 heterocycles. The van der Waals surface area contributed by atoms with Gasteiger partial charge in [-0.1, -0.05) is 26.5 Å². The largest absolute Gasteiger partial charge is 0.481 e. The fourth-order valence-electron chi connectivity index (χ4n) is 7.16. The number of carboxylic acids is 4. The van der Waals surface area contributed by atoms with Crippen molar-refractivity contribution in [2.75, 3.05) is 0 Å². The van der Waals surface area contributed by atoms with E-state index >= 15 is 0 Å². The van der Waals surface area contributed by atoms with E-state index in [1.165, 1.54) is 0 Å². The maximum atomic E-state index is 13.6. The molecule has 0 saturated carbocycles. The molecule has 0 radical (unpaired) electrons. The standard InChI is InChI=1S/C38H41N5O9/c1-7-20-16(3)24-12-26-18(5)22(9-10-32(45)46)35(42-26)23(11-31(44)41-30(37(49)50)15-33(47)48)36-34(38(51)52)19(6)27(43-36)14-29-21(8-2)17(4)25(40-29)13-28(20)39-24/h7,12-14,18,22,30,39-40H,1,8-11,15H2,2-6H3,(H,41,44)(H,45,46)(H,47,48)(H,49,50)(H,51,52)/t18-,22+,30-/m0/s1. The van der Waals surface area contributed by atoms with Crippen LogP contribution in [0.4, 0.5) is 0 Å². The first-order valence-corrected chi connectivity index (χ1v) is 16.8. The molecule has 0 unspecified atom stereocenters. The molecule has 0 saturated heterocycles. The highest BCUT2D eigenvalue weighted by molar-refractivity contribution is 6.24. The second kappa shape index (κ2) is 14.7. The summed E-state index contributed by atoms with van der Waals surface area (Å²) in [6.07, 6.45) is 0.722. The molecule has 0 spiro atoms. The average molecular weight is 712 g/mol. The van der Waals surface area contributed by atoms with Crippen LogP contribution in [0.1, 0.15) is 102 Å². The van der Waals surface area contributed by atoms with Gasteiger partial charge in [-0.3, -0.25) is 19.4 Å². The molecule has 1 amide bonds. The quantitative estimate of drug-likeness (QED) is 0.124. The number of hydrogen-bond donors (Lipinski definition) is 7. The zero-order valence-corrected chi connectivity index (χ0v) is 29.5. The van der Waals surface area contributed by atoms with Crippen molar-refractivity contribution in [2.45, 2.75) is 84.6 Å². The average Bonchev–Trinajstić information content (AvgIpc) is 3.74. The number of rotatable bonds is 12. The maximum absolute atomic E-state index is 13.6. The van der Waals surface area contributed by atoms with Gasteiger partial charge in [0, 0.05) is 57.1 Å². The van der Waals surface area contributed by atoms with E-state index in [9.17, 15) is 44.4 Å². The first-order valence-electron chi connectivity index (χ1n) is 16.8. The molecule has 2 aliphatic heterocycles. The summed E-state index contributed by atoms with van der Waals surface area (Å²) in [6.45, 7) is 13.4. The predicted octanol–water partition coefficient (Wildman–Crippen LogP) is 5.49. The monoisotopic (exact) mass is 711 g/mol. The first-order chi connectivity index (χ1) is 24.6. The first kappa shape index (κ1) is 37.2. The molecule has 3 aromatic rings. The van der Waals surface area contributed by atoms with Gasteiger partial charge in [0.1, 0.15) is 6.04 Å². The van der Waals surface area contributed by atoms with Crippen LogP contribution in [0.15, 0.2) is 24.8 Å². The van der Waals surface area contributed by atoms with Crippen molar-refractivity contribution in [2.24, 2.45) is 0 Å². The Morgan fingerprint density at radius 1 is 0.904 bits per heavy atom. The van der Waals surface area contributed by atoms with E-state index in [0.717, 1.165) is 38.8 Å². The van der Waals surface area contributed by atoms with Crippen molar-refractivity contribution < 1.29 is 44.4 Å². The van der Waals surface area contributed by atoms with E-state index in [0.29, 0.717) is 28.9 Å². The molecule has 52 heavy (non-hydrogen) atoms. The van der Waals surface area contributed by atoms with Crippen molar-refractivity contribution in [3.8, 4) is 0 Å². The summed E-state index contributed by atoms with van der Waals surface area (Å²) in [4.78, 5) is 78.4. The fourth-order valence-corrected chi connectivity index (χ4v) is 7.16. The van der Waals surface area contributed by atoms with Crippen LogP contribution >= 0.6 is 0 Å². The van der Waals surface area contributed by atoms with E-state index < -0.39 is 60.5 Å². The minimum absolute atomic E-state index is 0.0675. The van der Waals surface area contributed by atoms with Crippen LogP contribution in [0, 0.1) is 13.8 Å². The van der Waals surface area contributed by atoms with Gasteiger partial charge in [0.05, 0.1) is 35.5 Å². The van der Waals surface area contributed by atoms with Crippen LogP contribution in [-0.4, -0.2) is 76.2 Å². The number of fused-ring (bicyclic) bond motifs is 8. The normalized spacial score (nSPS) is 16.0. The number of carboxylic acid groups (broad SMARTS) is 4. The smallest absolute Gasteiger partial charge is 0.338 e. The van der Waals surface area contributed by atoms with Crippen LogP contribution in [0.3, 0.4) is 0 Å². The molecule has 14 nitrogen and oxygen atoms in total. The highest BCUT2D eigenvalue weighted by Gasteiger charge is 2.36. The van der Waals surface area contributed by atoms with Crippen molar-refractivity contribution in [3.05, 3.63) is 75.4 Å². The number of nitrogens with zero attached hydrogens (tertiary/aromatic N) is 2. The Kier molecular flexibility index (Phi) is 10.5. The summed E-state index contributed by atoms with van der Waals surface area (Å²) < 4.78 is 0. The molecular weight excluding hydrogens is 670 g/mol. The zero-order valence-electron chi connectivity index (χ0n) is 29.5. The lowest BCUT2D eigenvalue weighted by molar-refractivity contribution is -0.147. The maximum Gasteiger partial charge on any atom is 0.338 e. The van der Waals surface area contributed by atoms with Crippen LogP contribution in [-0.2, 0) is 36.8 Å². The number of aryl methyl sites for hydroxylation is 3. The highest BCUT2D eigenvalue weighted by Crippen LogP contribution is 2.43. The van der Waals surface area contributed by atoms with Crippen LogP contribution < -0.4 is 5.32 Å². The molecule has 0 aromatic carbocycles. The zero-order chi connectivity index (χ0) is 38.2. The molecule has 2 aliphatic rings. The van der Waals surface area contributed by atoms with Gasteiger partial charge in [-0.15, -0.1) is 0 Å². The topological polar surface area (TPSA) is 236 Å². The number of amides is 1. The summed E-state index contributed by atoms with van der Waals surface area (Å²) in [5.41, 5.74) is 7.95. The lowest BCUT2D eigenvalue weighted by atomic mass is 9.84. The SMILES string of the molecule is C=Cc1c(C)c2cc3nc(c(CC(=O)N[C@@H](CC(=O)O)C(=O)O)c4nc(cc5[nH]c(cc1[nH]2)c(C)c5CC)C(C)=C4C(=O)O)[C@H](CCC(=O)O)[C@@H]3C. The van der Waals surface area contributed by atoms with Crippen LogP contribution in [0.25, 0.3) is 39.3 Å². The second-order valence-electron chi connectivity index (χ2n) is 13.1. The molecule has 0 fully saturated rings. The van der Waals surface area contributed by atoms with Gasteiger partial charge in [0.15, 0.2) is 0 Å². The summed E-state index contributed by atoms with van der Waals surface area (Å²) in [7, 11) is 0. The third kappa shape index (κ3) is 7.09. The third-order valence-electron chi connectivity index (χ3n) is 9.96. The van der Waals surface area contributed by atoms with Gasteiger partial charge in [-0.2, -0.15) is 0 Å². The van der Waals surface area contributed by atoms with E-state index in [2.05, 4.69) is 21.9 Å². The molecule has 7 N–H and O–H groups in total. The second-order valence-corrected chi connectivity index (χ2v) is 13.1. The summed E-state index contributed by atoms with van der Waals surface area (Å²) in [5.74, 6) is -7.32. The van der Waals surface area contributed by atoms with E-state index in [1.807, 2.05) is 39.8 Å². The van der Waals surface area contributed by atoms with Crippen LogP contribution in [0.5, 0.6) is 0 Å². The molecule has 8 bridgehead atoms. The molecule has 3 atom stereocenters. The van der Waals surface area contributed by atoms with E-state index in [-0.39, 0.29) is 35.4 Å². The number of aromatic amines is 2. The summed E-state index contributed by atoms with van der Waals surface area (Å²) in [6, 6.07) is 3.81. The summed E-state index contributed by atoms with van der Waals surface area (Å²) in [5, 5.41) is 41.4. The van der Waals surface area contributed by atoms with E-state index in [4.69, 9.17) is 9.97 Å². The highest BCUT2D eigenvalue weighted by atomic mass is 16.4. The molecule has 3 aromatic heterocycles. The Labute approximate surface area is 298 Å². The number of aliphatic carboxylic acids is 4. The lowest BCUT2D eigenvalue weighted by Gasteiger charge is -2.19. The Morgan fingerprint density at radius 3 is 2.17 bits per heavy atom. The fraction of sp³-hybridized carbons (Fsp3) is 0.342. The number of nitrogens with one attached hydrogen (secondary N) is 3. The van der Waals surface area contributed by atoms with Gasteiger partial charge in [-0.05, 0) is 74.1 Å². The number of aromatic nitrogens is 4. The lowest BCUT2D eigenvalue weighted by Crippen LogP contribution is -2.43. The molecule has 0 aliphatic carbocycles.